The van der Waals surface area contributed by atoms with Gasteiger partial charge in [0.25, 0.3) is 5.91 Å². The van der Waals surface area contributed by atoms with Gasteiger partial charge in [-0.25, -0.2) is 0 Å². The molecule has 98 valence electrons. The number of hydrogen-bond acceptors (Lipinski definition) is 3. The van der Waals surface area contributed by atoms with E-state index in [9.17, 15) is 15.0 Å². The SMILES string of the molecule is Cc1cc(O)ccc1C(=O)NCC1(O)CCCC1. The molecule has 2 rings (SSSR count). The molecule has 1 fully saturated rings. The van der Waals surface area contributed by atoms with Gasteiger partial charge in [-0.1, -0.05) is 12.8 Å². The summed E-state index contributed by atoms with van der Waals surface area (Å²) < 4.78 is 0. The third-order valence-corrected chi connectivity index (χ3v) is 3.57. The Bertz CT molecular complexity index is 450. The number of phenolic OH excluding ortho intramolecular Hbond substituents is 1. The van der Waals surface area contributed by atoms with Crippen LogP contribution in [0.5, 0.6) is 5.75 Å². The van der Waals surface area contributed by atoms with Crippen molar-refractivity contribution in [1.29, 1.82) is 0 Å². The molecule has 0 aliphatic heterocycles. The van der Waals surface area contributed by atoms with Crippen molar-refractivity contribution in [3.63, 3.8) is 0 Å². The third-order valence-electron chi connectivity index (χ3n) is 3.57. The number of rotatable bonds is 3. The highest BCUT2D eigenvalue weighted by atomic mass is 16.3. The largest absolute Gasteiger partial charge is 0.508 e. The minimum Gasteiger partial charge on any atom is -0.508 e. The number of aromatic hydroxyl groups is 1. The second-order valence-corrected chi connectivity index (χ2v) is 5.11. The lowest BCUT2D eigenvalue weighted by Gasteiger charge is -2.22. The molecule has 1 aromatic rings. The number of hydrogen-bond donors (Lipinski definition) is 3. The summed E-state index contributed by atoms with van der Waals surface area (Å²) in [5.41, 5.74) is 0.529. The molecule has 0 atom stereocenters. The van der Waals surface area contributed by atoms with Crippen LogP contribution in [0.3, 0.4) is 0 Å². The van der Waals surface area contributed by atoms with Crippen molar-refractivity contribution in [1.82, 2.24) is 5.32 Å². The Morgan fingerprint density at radius 3 is 2.67 bits per heavy atom. The Morgan fingerprint density at radius 2 is 2.06 bits per heavy atom. The summed E-state index contributed by atoms with van der Waals surface area (Å²) in [6.07, 6.45) is 3.54. The summed E-state index contributed by atoms with van der Waals surface area (Å²) in [6, 6.07) is 4.64. The van der Waals surface area contributed by atoms with Gasteiger partial charge in [0.1, 0.15) is 5.75 Å². The predicted molar refractivity (Wildman–Crippen MR) is 68.6 cm³/mol. The minimum absolute atomic E-state index is 0.151. The first-order chi connectivity index (χ1) is 8.50. The fourth-order valence-corrected chi connectivity index (χ4v) is 2.45. The van der Waals surface area contributed by atoms with E-state index in [1.54, 1.807) is 19.1 Å². The summed E-state index contributed by atoms with van der Waals surface area (Å²) in [5.74, 6) is -0.0497. The van der Waals surface area contributed by atoms with E-state index >= 15 is 0 Å². The highest BCUT2D eigenvalue weighted by Crippen LogP contribution is 2.28. The molecule has 1 amide bonds. The number of benzene rings is 1. The molecule has 0 saturated heterocycles. The van der Waals surface area contributed by atoms with E-state index in [-0.39, 0.29) is 11.7 Å². The van der Waals surface area contributed by atoms with Crippen LogP contribution < -0.4 is 5.32 Å². The van der Waals surface area contributed by atoms with E-state index in [0.29, 0.717) is 12.1 Å². The van der Waals surface area contributed by atoms with E-state index < -0.39 is 5.60 Å². The fourth-order valence-electron chi connectivity index (χ4n) is 2.45. The van der Waals surface area contributed by atoms with E-state index in [0.717, 1.165) is 31.2 Å². The highest BCUT2D eigenvalue weighted by molar-refractivity contribution is 5.95. The maximum absolute atomic E-state index is 12.0. The molecule has 0 aromatic heterocycles. The number of phenols is 1. The van der Waals surface area contributed by atoms with Crippen molar-refractivity contribution < 1.29 is 15.0 Å². The van der Waals surface area contributed by atoms with Crippen LogP contribution in [0.4, 0.5) is 0 Å². The summed E-state index contributed by atoms with van der Waals surface area (Å²) in [6.45, 7) is 2.07. The maximum atomic E-state index is 12.0. The van der Waals surface area contributed by atoms with Gasteiger partial charge in [0.05, 0.1) is 5.60 Å². The van der Waals surface area contributed by atoms with Gasteiger partial charge in [0.15, 0.2) is 0 Å². The lowest BCUT2D eigenvalue weighted by Crippen LogP contribution is -2.40. The summed E-state index contributed by atoms with van der Waals surface area (Å²) >= 11 is 0. The zero-order valence-electron chi connectivity index (χ0n) is 10.6. The fraction of sp³-hybridized carbons (Fsp3) is 0.500. The van der Waals surface area contributed by atoms with Gasteiger partial charge in [0, 0.05) is 12.1 Å². The van der Waals surface area contributed by atoms with Crippen molar-refractivity contribution in [2.75, 3.05) is 6.54 Å². The standard InChI is InChI=1S/C14H19NO3/c1-10-8-11(16)4-5-12(10)13(17)15-9-14(18)6-2-3-7-14/h4-5,8,16,18H,2-3,6-7,9H2,1H3,(H,15,17). The Hall–Kier alpha value is -1.55. The summed E-state index contributed by atoms with van der Waals surface area (Å²) in [5, 5.41) is 22.2. The first-order valence-corrected chi connectivity index (χ1v) is 6.30. The average Bonchev–Trinajstić information content (AvgIpc) is 2.74. The molecule has 1 saturated carbocycles. The van der Waals surface area contributed by atoms with E-state index in [2.05, 4.69) is 5.32 Å². The third kappa shape index (κ3) is 2.82. The van der Waals surface area contributed by atoms with Gasteiger partial charge in [-0.15, -0.1) is 0 Å². The molecule has 4 nitrogen and oxygen atoms in total. The Labute approximate surface area is 107 Å². The van der Waals surface area contributed by atoms with Crippen molar-refractivity contribution in [3.05, 3.63) is 29.3 Å². The zero-order chi connectivity index (χ0) is 13.2. The lowest BCUT2D eigenvalue weighted by molar-refractivity contribution is 0.0449. The number of carbonyl (C=O) groups excluding carboxylic acids is 1. The van der Waals surface area contributed by atoms with Crippen molar-refractivity contribution in [2.24, 2.45) is 0 Å². The van der Waals surface area contributed by atoms with Gasteiger partial charge in [-0.3, -0.25) is 4.79 Å². The number of amides is 1. The quantitative estimate of drug-likeness (QED) is 0.764. The van der Waals surface area contributed by atoms with Crippen LogP contribution in [0.25, 0.3) is 0 Å². The summed E-state index contributed by atoms with van der Waals surface area (Å²) in [7, 11) is 0. The van der Waals surface area contributed by atoms with Crippen molar-refractivity contribution in [2.45, 2.75) is 38.2 Å². The lowest BCUT2D eigenvalue weighted by atomic mass is 10.0. The Balaban J connectivity index is 1.99. The molecular formula is C14H19NO3. The van der Waals surface area contributed by atoms with E-state index in [1.807, 2.05) is 0 Å². The molecule has 0 spiro atoms. The minimum atomic E-state index is -0.736. The molecule has 1 aliphatic rings. The predicted octanol–water partition coefficient (Wildman–Crippen LogP) is 1.74. The molecular weight excluding hydrogens is 230 g/mol. The topological polar surface area (TPSA) is 69.6 Å². The highest BCUT2D eigenvalue weighted by Gasteiger charge is 2.31. The van der Waals surface area contributed by atoms with E-state index in [4.69, 9.17) is 0 Å². The Morgan fingerprint density at radius 1 is 1.39 bits per heavy atom. The van der Waals surface area contributed by atoms with Crippen LogP contribution in [0.2, 0.25) is 0 Å². The molecule has 1 aromatic carbocycles. The molecule has 0 bridgehead atoms. The van der Waals surface area contributed by atoms with Crippen molar-refractivity contribution in [3.8, 4) is 5.75 Å². The number of aryl methyl sites for hydroxylation is 1. The van der Waals surface area contributed by atoms with E-state index in [1.165, 1.54) is 6.07 Å². The van der Waals surface area contributed by atoms with Gasteiger partial charge >= 0.3 is 0 Å². The molecule has 0 unspecified atom stereocenters. The second kappa shape index (κ2) is 4.98. The van der Waals surface area contributed by atoms with Crippen molar-refractivity contribution >= 4 is 5.91 Å². The zero-order valence-corrected chi connectivity index (χ0v) is 10.6. The van der Waals surface area contributed by atoms with Gasteiger partial charge in [0.2, 0.25) is 0 Å². The molecule has 4 heteroatoms. The maximum Gasteiger partial charge on any atom is 0.251 e. The smallest absolute Gasteiger partial charge is 0.251 e. The number of carbonyl (C=O) groups is 1. The number of aliphatic hydroxyl groups is 1. The van der Waals surface area contributed by atoms with Crippen LogP contribution in [0.1, 0.15) is 41.6 Å². The van der Waals surface area contributed by atoms with Gasteiger partial charge in [-0.05, 0) is 43.5 Å². The number of nitrogens with one attached hydrogen (secondary N) is 1. The van der Waals surface area contributed by atoms with Crippen LogP contribution in [-0.4, -0.2) is 28.3 Å². The first-order valence-electron chi connectivity index (χ1n) is 6.30. The molecule has 0 heterocycles. The average molecular weight is 249 g/mol. The molecule has 0 radical (unpaired) electrons. The molecule has 3 N–H and O–H groups in total. The van der Waals surface area contributed by atoms with Gasteiger partial charge in [-0.2, -0.15) is 0 Å². The molecule has 1 aliphatic carbocycles. The van der Waals surface area contributed by atoms with Crippen LogP contribution in [-0.2, 0) is 0 Å². The second-order valence-electron chi connectivity index (χ2n) is 5.11. The first kappa shape index (κ1) is 12.9. The summed E-state index contributed by atoms with van der Waals surface area (Å²) in [4.78, 5) is 12.0. The monoisotopic (exact) mass is 249 g/mol. The molecule has 18 heavy (non-hydrogen) atoms. The Kier molecular flexibility index (Phi) is 3.57. The normalized spacial score (nSPS) is 17.7. The van der Waals surface area contributed by atoms with Crippen LogP contribution in [0, 0.1) is 6.92 Å². The van der Waals surface area contributed by atoms with Crippen LogP contribution >= 0.6 is 0 Å². The van der Waals surface area contributed by atoms with Gasteiger partial charge < -0.3 is 15.5 Å². The van der Waals surface area contributed by atoms with Crippen LogP contribution in [0.15, 0.2) is 18.2 Å².